The fourth-order valence-corrected chi connectivity index (χ4v) is 3.21. The summed E-state index contributed by atoms with van der Waals surface area (Å²) in [4.78, 5) is 8.55. The molecule has 0 fully saturated rings. The molecule has 20 heavy (non-hydrogen) atoms. The van der Waals surface area contributed by atoms with Gasteiger partial charge in [0.15, 0.2) is 0 Å². The van der Waals surface area contributed by atoms with Crippen LogP contribution in [0.3, 0.4) is 0 Å². The maximum atomic E-state index is 13.5. The van der Waals surface area contributed by atoms with Gasteiger partial charge in [-0.1, -0.05) is 11.6 Å². The Morgan fingerprint density at radius 2 is 2.15 bits per heavy atom. The second-order valence-corrected chi connectivity index (χ2v) is 6.26. The minimum atomic E-state index is -0.504. The van der Waals surface area contributed by atoms with E-state index in [9.17, 15) is 4.39 Å². The third kappa shape index (κ3) is 1.87. The number of nitrogen functional groups attached to an aromatic ring is 1. The van der Waals surface area contributed by atoms with E-state index in [1.165, 1.54) is 17.4 Å². The molecular formula is C13H12ClFN4S. The van der Waals surface area contributed by atoms with Crippen LogP contribution >= 0.6 is 22.9 Å². The first-order valence-electron chi connectivity index (χ1n) is 5.94. The smallest absolute Gasteiger partial charge is 0.202 e. The molecule has 3 aromatic rings. The minimum absolute atomic E-state index is 0.0496. The van der Waals surface area contributed by atoms with Gasteiger partial charge in [0.1, 0.15) is 10.8 Å². The van der Waals surface area contributed by atoms with Crippen molar-refractivity contribution >= 4 is 39.9 Å². The molecule has 0 bridgehead atoms. The lowest BCUT2D eigenvalue weighted by molar-refractivity contribution is 0.452. The number of hydrogen-bond acceptors (Lipinski definition) is 4. The van der Waals surface area contributed by atoms with Gasteiger partial charge in [-0.15, -0.1) is 11.3 Å². The molecule has 0 saturated carbocycles. The predicted molar refractivity (Wildman–Crippen MR) is 79.7 cm³/mol. The summed E-state index contributed by atoms with van der Waals surface area (Å²) in [7, 11) is 0. The van der Waals surface area contributed by atoms with Gasteiger partial charge in [-0.25, -0.2) is 14.4 Å². The second-order valence-electron chi connectivity index (χ2n) is 4.96. The van der Waals surface area contributed by atoms with E-state index in [1.54, 1.807) is 12.3 Å². The predicted octanol–water partition coefficient (Wildman–Crippen LogP) is 3.65. The monoisotopic (exact) mass is 310 g/mol. The van der Waals surface area contributed by atoms with E-state index in [-0.39, 0.29) is 5.02 Å². The van der Waals surface area contributed by atoms with Crippen LogP contribution < -0.4 is 5.73 Å². The zero-order valence-electron chi connectivity index (χ0n) is 10.9. The highest BCUT2D eigenvalue weighted by Crippen LogP contribution is 2.34. The average molecular weight is 311 g/mol. The third-order valence-electron chi connectivity index (χ3n) is 3.24. The summed E-state index contributed by atoms with van der Waals surface area (Å²) < 4.78 is 15.4. The van der Waals surface area contributed by atoms with Crippen molar-refractivity contribution in [1.29, 1.82) is 0 Å². The van der Waals surface area contributed by atoms with Gasteiger partial charge < -0.3 is 5.73 Å². The maximum Gasteiger partial charge on any atom is 0.202 e. The summed E-state index contributed by atoms with van der Waals surface area (Å²) >= 11 is 7.40. The highest BCUT2D eigenvalue weighted by atomic mass is 35.5. The van der Waals surface area contributed by atoms with Crippen LogP contribution in [0.4, 0.5) is 10.3 Å². The van der Waals surface area contributed by atoms with Crippen LogP contribution in [0.2, 0.25) is 5.02 Å². The zero-order chi connectivity index (χ0) is 14.5. The minimum Gasteiger partial charge on any atom is -0.369 e. The summed E-state index contributed by atoms with van der Waals surface area (Å²) in [5, 5.41) is 2.84. The first kappa shape index (κ1) is 13.3. The fraction of sp³-hybridized carbons (Fsp3) is 0.231. The number of halogens is 2. The van der Waals surface area contributed by atoms with Gasteiger partial charge in [0.2, 0.25) is 5.95 Å². The third-order valence-corrected chi connectivity index (χ3v) is 4.61. The molecule has 0 atom stereocenters. The van der Waals surface area contributed by atoms with Crippen LogP contribution in [-0.2, 0) is 5.54 Å². The molecule has 0 aliphatic heterocycles. The van der Waals surface area contributed by atoms with Gasteiger partial charge in [0, 0.05) is 17.6 Å². The van der Waals surface area contributed by atoms with Crippen molar-refractivity contribution in [3.05, 3.63) is 39.6 Å². The second kappa shape index (κ2) is 4.43. The Hall–Kier alpha value is -1.66. The van der Waals surface area contributed by atoms with Crippen molar-refractivity contribution in [2.45, 2.75) is 19.4 Å². The Bertz CT molecular complexity index is 779. The van der Waals surface area contributed by atoms with Crippen LogP contribution in [0.1, 0.15) is 18.9 Å². The van der Waals surface area contributed by atoms with E-state index in [0.29, 0.717) is 17.0 Å². The average Bonchev–Trinajstić information content (AvgIpc) is 2.97. The van der Waals surface area contributed by atoms with Gasteiger partial charge in [0.25, 0.3) is 0 Å². The van der Waals surface area contributed by atoms with Crippen molar-refractivity contribution in [1.82, 2.24) is 14.5 Å². The van der Waals surface area contributed by atoms with E-state index in [1.807, 2.05) is 23.8 Å². The molecule has 0 spiro atoms. The first-order chi connectivity index (χ1) is 9.41. The van der Waals surface area contributed by atoms with Crippen LogP contribution in [0.5, 0.6) is 0 Å². The molecule has 0 aliphatic carbocycles. The summed E-state index contributed by atoms with van der Waals surface area (Å²) in [6.45, 7) is 3.97. The Morgan fingerprint density at radius 1 is 1.40 bits per heavy atom. The number of aromatic nitrogens is 3. The molecule has 2 heterocycles. The molecule has 0 aliphatic rings. The molecule has 7 heteroatoms. The molecule has 0 saturated heterocycles. The summed E-state index contributed by atoms with van der Waals surface area (Å²) in [6, 6.07) is 2.84. The van der Waals surface area contributed by atoms with Crippen LogP contribution in [-0.4, -0.2) is 14.5 Å². The highest BCUT2D eigenvalue weighted by molar-refractivity contribution is 7.09. The Balaban J connectivity index is 2.31. The van der Waals surface area contributed by atoms with Gasteiger partial charge in [-0.2, -0.15) is 0 Å². The van der Waals surface area contributed by atoms with Crippen molar-refractivity contribution in [2.24, 2.45) is 0 Å². The molecule has 0 radical (unpaired) electrons. The van der Waals surface area contributed by atoms with E-state index in [2.05, 4.69) is 9.97 Å². The Labute approximate surface area is 124 Å². The van der Waals surface area contributed by atoms with Gasteiger partial charge in [0.05, 0.1) is 21.6 Å². The number of benzene rings is 1. The van der Waals surface area contributed by atoms with Crippen molar-refractivity contribution in [2.75, 3.05) is 5.73 Å². The SMILES string of the molecule is CC(C)(c1nccs1)n1c(N)nc2cc(F)c(Cl)cc21. The quantitative estimate of drug-likeness (QED) is 0.786. The number of nitrogens with two attached hydrogens (primary N) is 1. The number of hydrogen-bond donors (Lipinski definition) is 1. The Kier molecular flexibility index (Phi) is 2.95. The number of nitrogens with zero attached hydrogens (tertiary/aromatic N) is 3. The van der Waals surface area contributed by atoms with E-state index < -0.39 is 11.4 Å². The molecule has 104 valence electrons. The van der Waals surface area contributed by atoms with Crippen LogP contribution in [0.25, 0.3) is 11.0 Å². The number of anilines is 1. The van der Waals surface area contributed by atoms with Gasteiger partial charge in [-0.3, -0.25) is 4.57 Å². The first-order valence-corrected chi connectivity index (χ1v) is 7.20. The molecule has 1 aromatic carbocycles. The number of thiazole rings is 1. The summed E-state index contributed by atoms with van der Waals surface area (Å²) in [5.41, 5.74) is 6.69. The zero-order valence-corrected chi connectivity index (χ0v) is 12.5. The normalized spacial score (nSPS) is 12.2. The fourth-order valence-electron chi connectivity index (χ4n) is 2.30. The van der Waals surface area contributed by atoms with Crippen molar-refractivity contribution < 1.29 is 4.39 Å². The molecular weight excluding hydrogens is 299 g/mol. The topological polar surface area (TPSA) is 56.7 Å². The number of rotatable bonds is 2. The van der Waals surface area contributed by atoms with Gasteiger partial charge >= 0.3 is 0 Å². The number of imidazole rings is 1. The lowest BCUT2D eigenvalue weighted by atomic mass is 10.1. The van der Waals surface area contributed by atoms with E-state index >= 15 is 0 Å². The van der Waals surface area contributed by atoms with E-state index in [0.717, 1.165) is 5.01 Å². The highest BCUT2D eigenvalue weighted by Gasteiger charge is 2.30. The molecule has 2 aromatic heterocycles. The maximum absolute atomic E-state index is 13.5. The largest absolute Gasteiger partial charge is 0.369 e. The van der Waals surface area contributed by atoms with Crippen molar-refractivity contribution in [3.8, 4) is 0 Å². The van der Waals surface area contributed by atoms with Crippen LogP contribution in [0, 0.1) is 5.82 Å². The van der Waals surface area contributed by atoms with E-state index in [4.69, 9.17) is 17.3 Å². The molecule has 0 amide bonds. The van der Waals surface area contributed by atoms with Crippen molar-refractivity contribution in [3.63, 3.8) is 0 Å². The molecule has 2 N–H and O–H groups in total. The van der Waals surface area contributed by atoms with Gasteiger partial charge in [-0.05, 0) is 19.9 Å². The molecule has 4 nitrogen and oxygen atoms in total. The number of fused-ring (bicyclic) bond motifs is 1. The lowest BCUT2D eigenvalue weighted by Crippen LogP contribution is -2.28. The molecule has 0 unspecified atom stereocenters. The molecule has 3 rings (SSSR count). The lowest BCUT2D eigenvalue weighted by Gasteiger charge is -2.26. The van der Waals surface area contributed by atoms with Crippen LogP contribution in [0.15, 0.2) is 23.7 Å². The Morgan fingerprint density at radius 3 is 2.80 bits per heavy atom. The standard InChI is InChI=1S/C13H12ClFN4S/c1-13(2,11-17-3-4-20-11)19-10-5-7(14)8(15)6-9(10)18-12(19)16/h3-6H,1-2H3,(H2,16,18). The summed E-state index contributed by atoms with van der Waals surface area (Å²) in [6.07, 6.45) is 1.74. The summed E-state index contributed by atoms with van der Waals surface area (Å²) in [5.74, 6) is -0.197.